The molecule has 1 atom stereocenters. The van der Waals surface area contributed by atoms with E-state index in [2.05, 4.69) is 11.9 Å². The lowest BCUT2D eigenvalue weighted by Gasteiger charge is -2.27. The predicted octanol–water partition coefficient (Wildman–Crippen LogP) is 5.03. The molecule has 0 aliphatic carbocycles. The van der Waals surface area contributed by atoms with Gasteiger partial charge in [-0.2, -0.15) is 0 Å². The van der Waals surface area contributed by atoms with Crippen LogP contribution >= 0.6 is 0 Å². The first-order valence-corrected chi connectivity index (χ1v) is 9.19. The van der Waals surface area contributed by atoms with E-state index in [9.17, 15) is 0 Å². The minimum Gasteiger partial charge on any atom is -0.497 e. The van der Waals surface area contributed by atoms with Crippen LogP contribution < -0.4 is 9.47 Å². The van der Waals surface area contributed by atoms with Crippen molar-refractivity contribution in [3.05, 3.63) is 60.3 Å². The zero-order chi connectivity index (χ0) is 18.6. The van der Waals surface area contributed by atoms with E-state index in [4.69, 9.17) is 19.2 Å². The molecule has 1 unspecified atom stereocenters. The average molecular weight is 362 g/mol. The van der Waals surface area contributed by atoms with E-state index in [0.717, 1.165) is 46.7 Å². The second kappa shape index (κ2) is 7.76. The minimum atomic E-state index is -0.480. The van der Waals surface area contributed by atoms with Crippen LogP contribution in [0.15, 0.2) is 54.7 Å². The van der Waals surface area contributed by atoms with Gasteiger partial charge in [-0.15, -0.1) is 0 Å². The highest BCUT2D eigenvalue weighted by Gasteiger charge is 2.28. The molecular weight excluding hydrogens is 340 g/mol. The van der Waals surface area contributed by atoms with Crippen LogP contribution in [0.3, 0.4) is 0 Å². The van der Waals surface area contributed by atoms with E-state index in [1.54, 1.807) is 7.11 Å². The van der Waals surface area contributed by atoms with Crippen LogP contribution in [0.1, 0.15) is 31.6 Å². The molecule has 2 heterocycles. The molecule has 3 aromatic rings. The summed E-state index contributed by atoms with van der Waals surface area (Å²) in [5.41, 5.74) is 3.62. The number of aromatic nitrogens is 2. The Morgan fingerprint density at radius 2 is 1.89 bits per heavy atom. The van der Waals surface area contributed by atoms with Crippen LogP contribution in [0.5, 0.6) is 11.5 Å². The van der Waals surface area contributed by atoms with Crippen molar-refractivity contribution in [3.8, 4) is 34.1 Å². The second-order valence-corrected chi connectivity index (χ2v) is 6.40. The first-order chi connectivity index (χ1) is 13.3. The fourth-order valence-corrected chi connectivity index (χ4v) is 3.06. The predicted molar refractivity (Wildman–Crippen MR) is 104 cm³/mol. The maximum atomic E-state index is 6.06. The average Bonchev–Trinajstić information content (AvgIpc) is 2.73. The third kappa shape index (κ3) is 3.51. The standard InChI is InChI=1S/C22H22N2O3/c1-3-4-13-26-22-18-14-23-21(15-9-11-16(25-2)12-10-15)24-20(18)17-7-5-6-8-19(17)27-22/h5-12,14,22H,3-4,13H2,1-2H3. The molecule has 1 aliphatic rings. The zero-order valence-corrected chi connectivity index (χ0v) is 15.5. The zero-order valence-electron chi connectivity index (χ0n) is 15.5. The van der Waals surface area contributed by atoms with Gasteiger partial charge < -0.3 is 14.2 Å². The number of benzene rings is 2. The van der Waals surface area contributed by atoms with Crippen molar-refractivity contribution >= 4 is 0 Å². The lowest BCUT2D eigenvalue weighted by atomic mass is 10.0. The number of ether oxygens (including phenoxy) is 3. The third-order valence-corrected chi connectivity index (χ3v) is 4.56. The summed E-state index contributed by atoms with van der Waals surface area (Å²) >= 11 is 0. The van der Waals surface area contributed by atoms with Gasteiger partial charge in [0, 0.05) is 17.3 Å². The largest absolute Gasteiger partial charge is 0.497 e. The molecule has 1 aromatic heterocycles. The summed E-state index contributed by atoms with van der Waals surface area (Å²) in [5, 5.41) is 0. The van der Waals surface area contributed by atoms with Crippen LogP contribution in [-0.2, 0) is 4.74 Å². The minimum absolute atomic E-state index is 0.480. The monoisotopic (exact) mass is 362 g/mol. The topological polar surface area (TPSA) is 53.5 Å². The fourth-order valence-electron chi connectivity index (χ4n) is 3.06. The maximum Gasteiger partial charge on any atom is 0.230 e. The highest BCUT2D eigenvalue weighted by Crippen LogP contribution is 2.42. The molecule has 1 aliphatic heterocycles. The van der Waals surface area contributed by atoms with Gasteiger partial charge >= 0.3 is 0 Å². The van der Waals surface area contributed by atoms with Crippen molar-refractivity contribution in [2.75, 3.05) is 13.7 Å². The molecule has 0 radical (unpaired) electrons. The van der Waals surface area contributed by atoms with Crippen LogP contribution in [0, 0.1) is 0 Å². The Labute approximate surface area is 159 Å². The summed E-state index contributed by atoms with van der Waals surface area (Å²) in [6.07, 6.45) is 3.39. The van der Waals surface area contributed by atoms with Gasteiger partial charge in [0.2, 0.25) is 6.29 Å². The van der Waals surface area contributed by atoms with E-state index in [0.29, 0.717) is 12.4 Å². The number of methoxy groups -OCH3 is 1. The molecule has 0 amide bonds. The van der Waals surface area contributed by atoms with Gasteiger partial charge in [-0.1, -0.05) is 25.5 Å². The number of rotatable bonds is 6. The SMILES string of the molecule is CCCCOC1Oc2ccccc2-c2nc(-c3ccc(OC)cc3)ncc21. The molecule has 5 heteroatoms. The van der Waals surface area contributed by atoms with Crippen LogP contribution in [-0.4, -0.2) is 23.7 Å². The summed E-state index contributed by atoms with van der Waals surface area (Å²) in [6.45, 7) is 2.78. The van der Waals surface area contributed by atoms with Crippen molar-refractivity contribution in [3.63, 3.8) is 0 Å². The number of nitrogens with zero attached hydrogens (tertiary/aromatic N) is 2. The Kier molecular flexibility index (Phi) is 5.03. The molecule has 0 spiro atoms. The molecule has 0 saturated carbocycles. The highest BCUT2D eigenvalue weighted by atomic mass is 16.7. The van der Waals surface area contributed by atoms with Crippen LogP contribution in [0.4, 0.5) is 0 Å². The fraction of sp³-hybridized carbons (Fsp3) is 0.273. The molecule has 5 nitrogen and oxygen atoms in total. The van der Waals surface area contributed by atoms with Crippen molar-refractivity contribution in [1.82, 2.24) is 9.97 Å². The van der Waals surface area contributed by atoms with Crippen LogP contribution in [0.25, 0.3) is 22.6 Å². The molecule has 2 aromatic carbocycles. The normalized spacial score (nSPS) is 14.8. The van der Waals surface area contributed by atoms with Crippen molar-refractivity contribution < 1.29 is 14.2 Å². The number of hydrogen-bond donors (Lipinski definition) is 0. The van der Waals surface area contributed by atoms with Gasteiger partial charge in [0.15, 0.2) is 5.82 Å². The van der Waals surface area contributed by atoms with Crippen molar-refractivity contribution in [2.45, 2.75) is 26.1 Å². The summed E-state index contributed by atoms with van der Waals surface area (Å²) < 4.78 is 17.3. The Hall–Kier alpha value is -2.92. The van der Waals surface area contributed by atoms with E-state index in [-0.39, 0.29) is 0 Å². The molecule has 0 saturated heterocycles. The van der Waals surface area contributed by atoms with E-state index >= 15 is 0 Å². The number of para-hydroxylation sites is 1. The Morgan fingerprint density at radius 1 is 1.07 bits per heavy atom. The highest BCUT2D eigenvalue weighted by molar-refractivity contribution is 5.73. The molecule has 0 bridgehead atoms. The van der Waals surface area contributed by atoms with E-state index < -0.39 is 6.29 Å². The van der Waals surface area contributed by atoms with Crippen molar-refractivity contribution in [1.29, 1.82) is 0 Å². The van der Waals surface area contributed by atoms with Crippen molar-refractivity contribution in [2.24, 2.45) is 0 Å². The molecule has 27 heavy (non-hydrogen) atoms. The van der Waals surface area contributed by atoms with Gasteiger partial charge in [-0.25, -0.2) is 9.97 Å². The van der Waals surface area contributed by atoms with E-state index in [1.165, 1.54) is 0 Å². The third-order valence-electron chi connectivity index (χ3n) is 4.56. The lowest BCUT2D eigenvalue weighted by molar-refractivity contribution is -0.0861. The number of fused-ring (bicyclic) bond motifs is 3. The molecular formula is C22H22N2O3. The molecule has 0 N–H and O–H groups in total. The Bertz CT molecular complexity index is 925. The summed E-state index contributed by atoms with van der Waals surface area (Å²) in [4.78, 5) is 9.40. The quantitative estimate of drug-likeness (QED) is 0.576. The Morgan fingerprint density at radius 3 is 2.67 bits per heavy atom. The van der Waals surface area contributed by atoms with Gasteiger partial charge in [0.05, 0.1) is 25.0 Å². The second-order valence-electron chi connectivity index (χ2n) is 6.40. The molecule has 0 fully saturated rings. The maximum absolute atomic E-state index is 6.06. The number of unbranched alkanes of at least 4 members (excludes halogenated alkanes) is 1. The van der Waals surface area contributed by atoms with Gasteiger partial charge in [0.1, 0.15) is 11.5 Å². The summed E-state index contributed by atoms with van der Waals surface area (Å²) in [5.74, 6) is 2.26. The van der Waals surface area contributed by atoms with Crippen LogP contribution in [0.2, 0.25) is 0 Å². The van der Waals surface area contributed by atoms with Gasteiger partial charge in [-0.3, -0.25) is 0 Å². The summed E-state index contributed by atoms with van der Waals surface area (Å²) in [6, 6.07) is 15.6. The first-order valence-electron chi connectivity index (χ1n) is 9.19. The van der Waals surface area contributed by atoms with E-state index in [1.807, 2.05) is 54.7 Å². The molecule has 138 valence electrons. The lowest BCUT2D eigenvalue weighted by Crippen LogP contribution is -2.19. The Balaban J connectivity index is 1.74. The first kappa shape index (κ1) is 17.5. The summed E-state index contributed by atoms with van der Waals surface area (Å²) in [7, 11) is 1.65. The van der Waals surface area contributed by atoms with Gasteiger partial charge in [-0.05, 0) is 42.8 Å². The smallest absolute Gasteiger partial charge is 0.230 e. The number of hydrogen-bond acceptors (Lipinski definition) is 5. The van der Waals surface area contributed by atoms with Gasteiger partial charge in [0.25, 0.3) is 0 Å². The molecule has 4 rings (SSSR count).